The van der Waals surface area contributed by atoms with Crippen LogP contribution in [0, 0.1) is 0 Å². The molecule has 2 atom stereocenters. The fraction of sp³-hybridized carbons (Fsp3) is 0. The van der Waals surface area contributed by atoms with E-state index < -0.39 is 0 Å². The van der Waals surface area contributed by atoms with Gasteiger partial charge in [-0.05, 0) is 6.07 Å². The molecule has 124 valence electrons. The summed E-state index contributed by atoms with van der Waals surface area (Å²) >= 11 is 0. The van der Waals surface area contributed by atoms with Crippen molar-refractivity contribution in [2.45, 2.75) is 0 Å². The van der Waals surface area contributed by atoms with Gasteiger partial charge in [0.05, 0.1) is 11.6 Å². The molecular formula is C20H16O3P2. The van der Waals surface area contributed by atoms with Gasteiger partial charge in [-0.1, -0.05) is 60.7 Å². The van der Waals surface area contributed by atoms with Crippen LogP contribution >= 0.6 is 17.6 Å². The van der Waals surface area contributed by atoms with Crippen LogP contribution in [-0.2, 0) is 0 Å². The zero-order valence-electron chi connectivity index (χ0n) is 13.3. The van der Waals surface area contributed by atoms with Crippen molar-refractivity contribution in [1.29, 1.82) is 0 Å². The second-order valence-corrected chi connectivity index (χ2v) is 7.37. The van der Waals surface area contributed by atoms with Crippen molar-refractivity contribution in [1.82, 2.24) is 0 Å². The summed E-state index contributed by atoms with van der Waals surface area (Å²) in [6.07, 6.45) is 1.67. The van der Waals surface area contributed by atoms with E-state index in [1.165, 1.54) is 0 Å². The molecule has 1 heterocycles. The Labute approximate surface area is 149 Å². The highest BCUT2D eigenvalue weighted by atomic mass is 31.1. The normalized spacial score (nSPS) is 11.7. The maximum Gasteiger partial charge on any atom is 0.141 e. The Kier molecular flexibility index (Phi) is 4.97. The van der Waals surface area contributed by atoms with Gasteiger partial charge >= 0.3 is 0 Å². The molecule has 3 aromatic carbocycles. The van der Waals surface area contributed by atoms with Gasteiger partial charge in [-0.2, -0.15) is 0 Å². The molecule has 3 nitrogen and oxygen atoms in total. The molecule has 4 aromatic rings. The van der Waals surface area contributed by atoms with Crippen molar-refractivity contribution in [3.63, 3.8) is 0 Å². The molecule has 1 aromatic heterocycles. The fourth-order valence-corrected chi connectivity index (χ4v) is 3.81. The van der Waals surface area contributed by atoms with Crippen LogP contribution in [-0.4, -0.2) is 0 Å². The highest BCUT2D eigenvalue weighted by Crippen LogP contribution is 2.36. The van der Waals surface area contributed by atoms with E-state index in [0.29, 0.717) is 0 Å². The number of benzene rings is 3. The van der Waals surface area contributed by atoms with Crippen molar-refractivity contribution in [3.8, 4) is 11.5 Å². The molecule has 0 amide bonds. The highest BCUT2D eigenvalue weighted by Gasteiger charge is 2.10. The number of hydrogen-bond donors (Lipinski definition) is 0. The minimum absolute atomic E-state index is 0.234. The smallest absolute Gasteiger partial charge is 0.141 e. The minimum atomic E-state index is 0.234. The maximum atomic E-state index is 6.05. The minimum Gasteiger partial charge on any atom is -0.472 e. The SMILES string of the molecule is c1ccc(POc2cc(OPc3ccccc3)c3ccoc3c2)cc1. The van der Waals surface area contributed by atoms with E-state index in [9.17, 15) is 0 Å². The second kappa shape index (κ2) is 7.70. The molecule has 0 aliphatic heterocycles. The first-order valence-corrected chi connectivity index (χ1v) is 9.67. The Balaban J connectivity index is 1.54. The largest absolute Gasteiger partial charge is 0.472 e. The lowest BCUT2D eigenvalue weighted by molar-refractivity contribution is 0.596. The molecule has 0 saturated heterocycles. The quantitative estimate of drug-likeness (QED) is 0.449. The predicted octanol–water partition coefficient (Wildman–Crippen LogP) is 5.03. The molecule has 0 fully saturated rings. The van der Waals surface area contributed by atoms with Gasteiger partial charge in [0.15, 0.2) is 0 Å². The van der Waals surface area contributed by atoms with E-state index in [1.54, 1.807) is 6.26 Å². The predicted molar refractivity (Wildman–Crippen MR) is 106 cm³/mol. The van der Waals surface area contributed by atoms with E-state index in [0.717, 1.165) is 33.1 Å². The van der Waals surface area contributed by atoms with E-state index >= 15 is 0 Å². The maximum absolute atomic E-state index is 6.05. The zero-order valence-corrected chi connectivity index (χ0v) is 15.3. The Morgan fingerprint density at radius 2 is 1.32 bits per heavy atom. The van der Waals surface area contributed by atoms with Gasteiger partial charge in [-0.3, -0.25) is 0 Å². The number of furan rings is 1. The van der Waals surface area contributed by atoms with Gasteiger partial charge in [0, 0.05) is 22.7 Å². The molecule has 4 rings (SSSR count). The summed E-state index contributed by atoms with van der Waals surface area (Å²) in [6, 6.07) is 26.0. The van der Waals surface area contributed by atoms with E-state index in [2.05, 4.69) is 24.3 Å². The number of fused-ring (bicyclic) bond motifs is 1. The average Bonchev–Trinajstić information content (AvgIpc) is 3.15. The van der Waals surface area contributed by atoms with Crippen LogP contribution in [0.4, 0.5) is 0 Å². The van der Waals surface area contributed by atoms with Gasteiger partial charge in [0.25, 0.3) is 0 Å². The van der Waals surface area contributed by atoms with E-state index in [1.807, 2.05) is 54.6 Å². The van der Waals surface area contributed by atoms with Crippen LogP contribution in [0.5, 0.6) is 11.5 Å². The molecule has 5 heteroatoms. The molecule has 0 radical (unpaired) electrons. The van der Waals surface area contributed by atoms with Crippen molar-refractivity contribution < 1.29 is 13.5 Å². The van der Waals surface area contributed by atoms with Crippen LogP contribution in [0.15, 0.2) is 89.5 Å². The highest BCUT2D eigenvalue weighted by molar-refractivity contribution is 7.42. The third kappa shape index (κ3) is 4.02. The monoisotopic (exact) mass is 366 g/mol. The topological polar surface area (TPSA) is 31.6 Å². The van der Waals surface area contributed by atoms with Gasteiger partial charge in [0.2, 0.25) is 0 Å². The van der Waals surface area contributed by atoms with Crippen molar-refractivity contribution in [3.05, 3.63) is 85.1 Å². The first-order chi connectivity index (χ1) is 12.4. The van der Waals surface area contributed by atoms with Crippen molar-refractivity contribution in [2.24, 2.45) is 0 Å². The summed E-state index contributed by atoms with van der Waals surface area (Å²) in [7, 11) is 0.473. The fourth-order valence-electron chi connectivity index (χ4n) is 2.40. The summed E-state index contributed by atoms with van der Waals surface area (Å²) in [6.45, 7) is 0. The first kappa shape index (κ1) is 16.1. The Hall–Kier alpha value is -2.34. The van der Waals surface area contributed by atoms with Crippen LogP contribution in [0.2, 0.25) is 0 Å². The average molecular weight is 366 g/mol. The lowest BCUT2D eigenvalue weighted by Gasteiger charge is -2.10. The standard InChI is InChI=1S/C20H16O3P2/c1-3-7-16(8-4-1)24-22-15-13-19-18(11-12-21-19)20(14-15)23-25-17-9-5-2-6-10-17/h1-14,24-25H. The first-order valence-electron chi connectivity index (χ1n) is 7.85. The summed E-state index contributed by atoms with van der Waals surface area (Å²) in [5.41, 5.74) is 0.767. The molecule has 0 aliphatic carbocycles. The summed E-state index contributed by atoms with van der Waals surface area (Å²) in [5.74, 6) is 1.53. The molecule has 2 unspecified atom stereocenters. The number of hydrogen-bond acceptors (Lipinski definition) is 3. The molecule has 25 heavy (non-hydrogen) atoms. The molecule has 0 N–H and O–H groups in total. The Morgan fingerprint density at radius 1 is 0.680 bits per heavy atom. The summed E-state index contributed by atoms with van der Waals surface area (Å²) in [5, 5.41) is 3.26. The van der Waals surface area contributed by atoms with Gasteiger partial charge in [-0.25, -0.2) is 0 Å². The number of rotatable bonds is 6. The molecular weight excluding hydrogens is 350 g/mol. The second-order valence-electron chi connectivity index (χ2n) is 5.39. The molecule has 0 bridgehead atoms. The third-order valence-electron chi connectivity index (χ3n) is 3.62. The van der Waals surface area contributed by atoms with Crippen LogP contribution in [0.1, 0.15) is 0 Å². The molecule has 0 aliphatic rings. The van der Waals surface area contributed by atoms with Gasteiger partial charge < -0.3 is 13.5 Å². The van der Waals surface area contributed by atoms with Crippen LogP contribution in [0.25, 0.3) is 11.0 Å². The van der Waals surface area contributed by atoms with Gasteiger partial charge in [0.1, 0.15) is 34.7 Å². The molecule has 0 spiro atoms. The zero-order chi connectivity index (χ0) is 16.9. The van der Waals surface area contributed by atoms with Crippen molar-refractivity contribution in [2.75, 3.05) is 0 Å². The van der Waals surface area contributed by atoms with Crippen LogP contribution in [0.3, 0.4) is 0 Å². The molecule has 0 saturated carbocycles. The lowest BCUT2D eigenvalue weighted by atomic mass is 10.2. The third-order valence-corrected chi connectivity index (χ3v) is 5.42. The Morgan fingerprint density at radius 3 is 2.00 bits per heavy atom. The summed E-state index contributed by atoms with van der Waals surface area (Å²) < 4.78 is 17.5. The van der Waals surface area contributed by atoms with Crippen molar-refractivity contribution >= 4 is 39.2 Å². The van der Waals surface area contributed by atoms with Crippen LogP contribution < -0.4 is 19.7 Å². The van der Waals surface area contributed by atoms with E-state index in [-0.39, 0.29) is 17.6 Å². The lowest BCUT2D eigenvalue weighted by Crippen LogP contribution is -1.96. The Bertz CT molecular complexity index is 953. The summed E-state index contributed by atoms with van der Waals surface area (Å²) in [4.78, 5) is 0. The van der Waals surface area contributed by atoms with Gasteiger partial charge in [-0.15, -0.1) is 0 Å². The van der Waals surface area contributed by atoms with E-state index in [4.69, 9.17) is 13.5 Å².